The molecule has 4 fully saturated rings. The van der Waals surface area contributed by atoms with Gasteiger partial charge in [-0.1, -0.05) is 0 Å². The Morgan fingerprint density at radius 3 is 2.54 bits per heavy atom. The predicted molar refractivity (Wildman–Crippen MR) is 92.5 cm³/mol. The molecule has 132 valence electrons. The van der Waals surface area contributed by atoms with Crippen LogP contribution in [0.1, 0.15) is 65.7 Å². The summed E-state index contributed by atoms with van der Waals surface area (Å²) in [6.45, 7) is 6.26. The minimum Gasteiger partial charge on any atom is -0.390 e. The maximum Gasteiger partial charge on any atom is 0.225 e. The Kier molecular flexibility index (Phi) is 3.41. The molecule has 4 aliphatic carbocycles. The second-order valence-electron chi connectivity index (χ2n) is 9.75. The number of amides is 1. The number of carbonyl (C=O) groups is 1. The van der Waals surface area contributed by atoms with Crippen LogP contribution in [0.3, 0.4) is 0 Å². The van der Waals surface area contributed by atoms with Gasteiger partial charge < -0.3 is 10.4 Å². The molecule has 24 heavy (non-hydrogen) atoms. The fourth-order valence-electron chi connectivity index (χ4n) is 5.91. The Hall–Kier alpha value is -1.36. The van der Waals surface area contributed by atoms with Crippen molar-refractivity contribution in [3.63, 3.8) is 0 Å². The van der Waals surface area contributed by atoms with Gasteiger partial charge in [0.05, 0.1) is 23.0 Å². The highest BCUT2D eigenvalue weighted by atomic mass is 16.3. The first kappa shape index (κ1) is 16.1. The van der Waals surface area contributed by atoms with Gasteiger partial charge in [0.1, 0.15) is 0 Å². The normalized spacial score (nSPS) is 37.7. The number of nitrogens with zero attached hydrogens (tertiary/aromatic N) is 2. The molecule has 1 heterocycles. The molecule has 1 amide bonds. The molecule has 2 N–H and O–H groups in total. The molecule has 1 aromatic rings. The Morgan fingerprint density at radius 1 is 1.33 bits per heavy atom. The lowest BCUT2D eigenvalue weighted by atomic mass is 9.47. The third-order valence-corrected chi connectivity index (χ3v) is 6.24. The number of hydrogen-bond acceptors (Lipinski definition) is 3. The zero-order valence-corrected chi connectivity index (χ0v) is 15.0. The number of nitrogens with one attached hydrogen (secondary N) is 1. The molecule has 0 unspecified atom stereocenters. The molecule has 2 atom stereocenters. The minimum atomic E-state index is -0.499. The maximum absolute atomic E-state index is 12.6. The molecule has 1 aromatic heterocycles. The molecule has 5 heteroatoms. The Labute approximate surface area is 143 Å². The van der Waals surface area contributed by atoms with Crippen LogP contribution in [0.2, 0.25) is 0 Å². The molecule has 0 aliphatic heterocycles. The van der Waals surface area contributed by atoms with E-state index in [9.17, 15) is 9.90 Å². The molecule has 0 aromatic carbocycles. The summed E-state index contributed by atoms with van der Waals surface area (Å²) in [5, 5.41) is 18.2. The quantitative estimate of drug-likeness (QED) is 0.893. The lowest BCUT2D eigenvalue weighted by Crippen LogP contribution is -2.56. The van der Waals surface area contributed by atoms with Crippen LogP contribution in [0.15, 0.2) is 12.4 Å². The number of anilines is 1. The van der Waals surface area contributed by atoms with E-state index in [0.717, 1.165) is 37.8 Å². The van der Waals surface area contributed by atoms with E-state index in [1.165, 1.54) is 6.42 Å². The first-order valence-corrected chi connectivity index (χ1v) is 9.22. The lowest BCUT2D eigenvalue weighted by molar-refractivity contribution is -0.167. The van der Waals surface area contributed by atoms with Crippen molar-refractivity contribution in [2.75, 3.05) is 5.32 Å². The van der Waals surface area contributed by atoms with Crippen molar-refractivity contribution in [3.05, 3.63) is 12.4 Å². The molecule has 4 saturated carbocycles. The molecule has 5 rings (SSSR count). The van der Waals surface area contributed by atoms with E-state index in [2.05, 4.69) is 31.2 Å². The smallest absolute Gasteiger partial charge is 0.225 e. The summed E-state index contributed by atoms with van der Waals surface area (Å²) in [6, 6.07) is 0. The largest absolute Gasteiger partial charge is 0.390 e. The van der Waals surface area contributed by atoms with Crippen LogP contribution >= 0.6 is 0 Å². The zero-order valence-electron chi connectivity index (χ0n) is 15.0. The average Bonchev–Trinajstić information content (AvgIpc) is 2.82. The van der Waals surface area contributed by atoms with Gasteiger partial charge in [-0.15, -0.1) is 0 Å². The Morgan fingerprint density at radius 2 is 2.00 bits per heavy atom. The molecule has 5 nitrogen and oxygen atoms in total. The fourth-order valence-corrected chi connectivity index (χ4v) is 5.91. The predicted octanol–water partition coefficient (Wildman–Crippen LogP) is 3.30. The summed E-state index contributed by atoms with van der Waals surface area (Å²) in [5.74, 6) is 1.30. The van der Waals surface area contributed by atoms with E-state index in [4.69, 9.17) is 0 Å². The summed E-state index contributed by atoms with van der Waals surface area (Å²) in [6.07, 6.45) is 10.3. The van der Waals surface area contributed by atoms with E-state index >= 15 is 0 Å². The molecule has 4 aliphatic rings. The second-order valence-corrected chi connectivity index (χ2v) is 9.75. The molecule has 0 radical (unpaired) electrons. The lowest BCUT2D eigenvalue weighted by Gasteiger charge is -2.60. The van der Waals surface area contributed by atoms with Crippen molar-refractivity contribution in [3.8, 4) is 0 Å². The summed E-state index contributed by atoms with van der Waals surface area (Å²) in [5.41, 5.74) is 0.190. The van der Waals surface area contributed by atoms with E-state index in [1.54, 1.807) is 6.20 Å². The first-order valence-electron chi connectivity index (χ1n) is 9.22. The molecular formula is C19H29N3O2. The van der Waals surface area contributed by atoms with Gasteiger partial charge in [-0.2, -0.15) is 5.10 Å². The van der Waals surface area contributed by atoms with Crippen molar-refractivity contribution < 1.29 is 9.90 Å². The van der Waals surface area contributed by atoms with Crippen molar-refractivity contribution in [2.24, 2.45) is 17.3 Å². The van der Waals surface area contributed by atoms with Crippen LogP contribution in [0.25, 0.3) is 0 Å². The third-order valence-electron chi connectivity index (χ3n) is 6.24. The van der Waals surface area contributed by atoms with Gasteiger partial charge in [-0.25, -0.2) is 0 Å². The van der Waals surface area contributed by atoms with E-state index < -0.39 is 5.60 Å². The van der Waals surface area contributed by atoms with Crippen LogP contribution in [0.4, 0.5) is 5.69 Å². The third kappa shape index (κ3) is 2.87. The number of aromatic nitrogens is 2. The first-order chi connectivity index (χ1) is 11.1. The highest BCUT2D eigenvalue weighted by Crippen LogP contribution is 2.62. The number of carbonyl (C=O) groups excluding carboxylic acids is 1. The molecule has 4 bridgehead atoms. The van der Waals surface area contributed by atoms with Gasteiger partial charge in [-0.05, 0) is 76.5 Å². The topological polar surface area (TPSA) is 67.2 Å². The van der Waals surface area contributed by atoms with Gasteiger partial charge in [0, 0.05) is 12.6 Å². The van der Waals surface area contributed by atoms with Gasteiger partial charge >= 0.3 is 0 Å². The molecular weight excluding hydrogens is 302 g/mol. The van der Waals surface area contributed by atoms with Crippen molar-refractivity contribution in [2.45, 2.75) is 76.9 Å². The van der Waals surface area contributed by atoms with E-state index in [1.807, 2.05) is 10.9 Å². The number of hydrogen-bond donors (Lipinski definition) is 2. The molecule has 0 spiro atoms. The van der Waals surface area contributed by atoms with Crippen LogP contribution in [0, 0.1) is 17.3 Å². The minimum absolute atomic E-state index is 0.0168. The Balaban J connectivity index is 1.44. The summed E-state index contributed by atoms with van der Waals surface area (Å²) >= 11 is 0. The van der Waals surface area contributed by atoms with Crippen LogP contribution in [-0.2, 0) is 10.3 Å². The van der Waals surface area contributed by atoms with E-state index in [0.29, 0.717) is 18.3 Å². The van der Waals surface area contributed by atoms with Gasteiger partial charge in [0.15, 0.2) is 0 Å². The SMILES string of the molecule is CC(C)(C)n1cc(NC(=O)CC23C[C@H]4C[C@@H](CC(O)(C4)C2)C3)cn1. The van der Waals surface area contributed by atoms with Crippen LogP contribution in [-0.4, -0.2) is 26.4 Å². The van der Waals surface area contributed by atoms with E-state index in [-0.39, 0.29) is 16.9 Å². The zero-order chi connectivity index (χ0) is 17.2. The van der Waals surface area contributed by atoms with Gasteiger partial charge in [0.25, 0.3) is 0 Å². The van der Waals surface area contributed by atoms with Gasteiger partial charge in [0.2, 0.25) is 5.91 Å². The number of aliphatic hydroxyl groups is 1. The van der Waals surface area contributed by atoms with Crippen molar-refractivity contribution in [1.82, 2.24) is 9.78 Å². The average molecular weight is 331 g/mol. The summed E-state index contributed by atoms with van der Waals surface area (Å²) in [4.78, 5) is 12.6. The Bertz CT molecular complexity index is 644. The van der Waals surface area contributed by atoms with Gasteiger partial charge in [-0.3, -0.25) is 9.48 Å². The monoisotopic (exact) mass is 331 g/mol. The standard InChI is InChI=1S/C19H29N3O2/c1-17(2,3)22-11-15(10-20-22)21-16(23)9-18-5-13-4-14(6-18)8-19(24,7-13)12-18/h10-11,13-14,24H,4-9,12H2,1-3H3,(H,21,23)/t13-,14-,18?,19?/m1/s1. The van der Waals surface area contributed by atoms with Crippen LogP contribution in [0.5, 0.6) is 0 Å². The second kappa shape index (κ2) is 5.07. The fraction of sp³-hybridized carbons (Fsp3) is 0.789. The maximum atomic E-state index is 12.6. The molecule has 0 saturated heterocycles. The highest BCUT2D eigenvalue weighted by Gasteiger charge is 2.57. The van der Waals surface area contributed by atoms with Crippen LogP contribution < -0.4 is 5.32 Å². The summed E-state index contributed by atoms with van der Waals surface area (Å²) in [7, 11) is 0. The van der Waals surface area contributed by atoms with Crippen molar-refractivity contribution >= 4 is 11.6 Å². The van der Waals surface area contributed by atoms with Crippen molar-refractivity contribution in [1.29, 1.82) is 0 Å². The summed E-state index contributed by atoms with van der Waals surface area (Å²) < 4.78 is 1.87. The highest BCUT2D eigenvalue weighted by molar-refractivity contribution is 5.90. The number of rotatable bonds is 3.